The molecule has 1 unspecified atom stereocenters. The summed E-state index contributed by atoms with van der Waals surface area (Å²) in [5, 5.41) is 14.6. The summed E-state index contributed by atoms with van der Waals surface area (Å²) in [7, 11) is 0. The van der Waals surface area contributed by atoms with E-state index in [1.54, 1.807) is 6.07 Å². The van der Waals surface area contributed by atoms with Crippen LogP contribution in [0.4, 0.5) is 0 Å². The molecule has 2 amide bonds. The average Bonchev–Trinajstić information content (AvgIpc) is 3.20. The van der Waals surface area contributed by atoms with Crippen molar-refractivity contribution in [2.45, 2.75) is 11.0 Å². The smallest absolute Gasteiger partial charge is 0.251 e. The maximum absolute atomic E-state index is 12.5. The quantitative estimate of drug-likeness (QED) is 0.514. The lowest BCUT2D eigenvalue weighted by Gasteiger charge is -2.16. The molecule has 28 heavy (non-hydrogen) atoms. The van der Waals surface area contributed by atoms with Crippen LogP contribution in [-0.2, 0) is 10.5 Å². The molecule has 2 aromatic carbocycles. The minimum Gasteiger partial charge on any atom is -0.361 e. The molecule has 3 rings (SSSR count). The number of amides is 2. The summed E-state index contributed by atoms with van der Waals surface area (Å²) >= 11 is 1.43. The normalized spacial score (nSPS) is 11.5. The van der Waals surface area contributed by atoms with Gasteiger partial charge >= 0.3 is 0 Å². The summed E-state index contributed by atoms with van der Waals surface area (Å²) in [4.78, 5) is 28.0. The lowest BCUT2D eigenvalue weighted by atomic mass is 10.1. The van der Waals surface area contributed by atoms with E-state index < -0.39 is 5.25 Å². The van der Waals surface area contributed by atoms with E-state index in [-0.39, 0.29) is 24.9 Å². The van der Waals surface area contributed by atoms with Gasteiger partial charge in [-0.3, -0.25) is 9.59 Å². The molecule has 1 atom stereocenters. The van der Waals surface area contributed by atoms with Crippen LogP contribution in [0.5, 0.6) is 0 Å². The second kappa shape index (κ2) is 9.62. The Morgan fingerprint density at radius 1 is 1.11 bits per heavy atom. The topological polar surface area (TPSA) is 97.8 Å². The number of benzene rings is 2. The van der Waals surface area contributed by atoms with E-state index in [0.717, 1.165) is 16.5 Å². The highest BCUT2D eigenvalue weighted by Crippen LogP contribution is 2.18. The van der Waals surface area contributed by atoms with Gasteiger partial charge in [0.15, 0.2) is 0 Å². The van der Waals surface area contributed by atoms with Gasteiger partial charge in [0, 0.05) is 35.0 Å². The monoisotopic (exact) mass is 392 g/mol. The minimum atomic E-state index is -0.492. The van der Waals surface area contributed by atoms with Crippen molar-refractivity contribution in [2.75, 3.05) is 13.1 Å². The predicted molar refractivity (Wildman–Crippen MR) is 111 cm³/mol. The van der Waals surface area contributed by atoms with Crippen LogP contribution in [0.2, 0.25) is 0 Å². The molecule has 0 fully saturated rings. The molecule has 0 radical (unpaired) electrons. The summed E-state index contributed by atoms with van der Waals surface area (Å²) in [5.41, 5.74) is 2.59. The van der Waals surface area contributed by atoms with Crippen molar-refractivity contribution < 1.29 is 9.59 Å². The highest BCUT2D eigenvalue weighted by atomic mass is 32.2. The summed E-state index contributed by atoms with van der Waals surface area (Å²) in [6.07, 6.45) is 1.82. The Balaban J connectivity index is 1.62. The van der Waals surface area contributed by atoms with E-state index >= 15 is 0 Å². The van der Waals surface area contributed by atoms with Crippen molar-refractivity contribution in [1.82, 2.24) is 15.6 Å². The third-order valence-corrected chi connectivity index (χ3v) is 5.47. The van der Waals surface area contributed by atoms with Gasteiger partial charge in [0.2, 0.25) is 5.91 Å². The molecule has 0 bridgehead atoms. The second-order valence-electron chi connectivity index (χ2n) is 6.15. The molecule has 0 aliphatic rings. The molecule has 1 heterocycles. The number of nitrogens with zero attached hydrogens (tertiary/aromatic N) is 1. The van der Waals surface area contributed by atoms with Crippen LogP contribution < -0.4 is 10.6 Å². The molecule has 6 nitrogen and oxygen atoms in total. The number of fused-ring (bicyclic) bond motifs is 1. The number of aromatic nitrogens is 1. The number of nitriles is 1. The Hall–Kier alpha value is -3.24. The first-order valence-corrected chi connectivity index (χ1v) is 9.88. The van der Waals surface area contributed by atoms with Crippen LogP contribution in [0.15, 0.2) is 60.8 Å². The third-order valence-electron chi connectivity index (χ3n) is 4.19. The van der Waals surface area contributed by atoms with Crippen molar-refractivity contribution in [3.8, 4) is 6.07 Å². The molecular weight excluding hydrogens is 372 g/mol. The van der Waals surface area contributed by atoms with Gasteiger partial charge in [0.25, 0.3) is 5.91 Å². The molecule has 7 heteroatoms. The standard InChI is InChI=1S/C21H20N4O2S/c22-9-11-24-21(27)19(28-14-15-4-2-1-3-5-15)13-25-20(26)17-6-7-18-16(12-17)8-10-23-18/h1-8,10,12,19,23H,11,13-14H2,(H,24,27)(H,25,26). The van der Waals surface area contributed by atoms with Gasteiger partial charge in [-0.15, -0.1) is 11.8 Å². The fourth-order valence-corrected chi connectivity index (χ4v) is 3.74. The van der Waals surface area contributed by atoms with Crippen molar-refractivity contribution in [2.24, 2.45) is 0 Å². The zero-order chi connectivity index (χ0) is 19.8. The fraction of sp³-hybridized carbons (Fsp3) is 0.190. The number of aromatic amines is 1. The molecule has 142 valence electrons. The van der Waals surface area contributed by atoms with Gasteiger partial charge in [0.1, 0.15) is 11.8 Å². The summed E-state index contributed by atoms with van der Waals surface area (Å²) in [6, 6.07) is 19.0. The number of hydrogen-bond donors (Lipinski definition) is 3. The molecule has 3 aromatic rings. The van der Waals surface area contributed by atoms with Crippen LogP contribution in [0.3, 0.4) is 0 Å². The van der Waals surface area contributed by atoms with Gasteiger partial charge in [-0.25, -0.2) is 0 Å². The predicted octanol–water partition coefficient (Wildman–Crippen LogP) is 2.84. The van der Waals surface area contributed by atoms with E-state index in [9.17, 15) is 9.59 Å². The average molecular weight is 392 g/mol. The van der Waals surface area contributed by atoms with Crippen molar-refractivity contribution >= 4 is 34.5 Å². The van der Waals surface area contributed by atoms with Crippen LogP contribution in [0, 0.1) is 11.3 Å². The number of rotatable bonds is 8. The van der Waals surface area contributed by atoms with Gasteiger partial charge in [-0.1, -0.05) is 30.3 Å². The molecule has 1 aromatic heterocycles. The molecule has 3 N–H and O–H groups in total. The van der Waals surface area contributed by atoms with Gasteiger partial charge in [-0.05, 0) is 29.8 Å². The van der Waals surface area contributed by atoms with E-state index in [1.165, 1.54) is 11.8 Å². The first-order chi connectivity index (χ1) is 13.7. The lowest BCUT2D eigenvalue weighted by molar-refractivity contribution is -0.120. The second-order valence-corrected chi connectivity index (χ2v) is 7.34. The first kappa shape index (κ1) is 19.5. The first-order valence-electron chi connectivity index (χ1n) is 8.83. The lowest BCUT2D eigenvalue weighted by Crippen LogP contribution is -2.41. The van der Waals surface area contributed by atoms with Crippen LogP contribution in [0.25, 0.3) is 10.9 Å². The molecular formula is C21H20N4O2S. The number of thioether (sulfide) groups is 1. The number of carbonyl (C=O) groups is 2. The molecule has 0 spiro atoms. The maximum Gasteiger partial charge on any atom is 0.251 e. The minimum absolute atomic E-state index is 0.0562. The Morgan fingerprint density at radius 3 is 2.71 bits per heavy atom. The Morgan fingerprint density at radius 2 is 1.93 bits per heavy atom. The highest BCUT2D eigenvalue weighted by molar-refractivity contribution is 7.99. The van der Waals surface area contributed by atoms with Crippen LogP contribution >= 0.6 is 11.8 Å². The molecule has 0 aliphatic carbocycles. The summed E-state index contributed by atoms with van der Waals surface area (Å²) in [5.74, 6) is 0.141. The SMILES string of the molecule is N#CCNC(=O)C(CNC(=O)c1ccc2[nH]ccc2c1)SCc1ccccc1. The van der Waals surface area contributed by atoms with Crippen molar-refractivity contribution in [1.29, 1.82) is 5.26 Å². The van der Waals surface area contributed by atoms with E-state index in [0.29, 0.717) is 11.3 Å². The van der Waals surface area contributed by atoms with Gasteiger partial charge in [0.05, 0.1) is 6.07 Å². The highest BCUT2D eigenvalue weighted by Gasteiger charge is 2.20. The summed E-state index contributed by atoms with van der Waals surface area (Å²) in [6.45, 7) is 0.123. The van der Waals surface area contributed by atoms with Crippen LogP contribution in [0.1, 0.15) is 15.9 Å². The molecule has 0 saturated heterocycles. The maximum atomic E-state index is 12.5. The van der Waals surface area contributed by atoms with Crippen LogP contribution in [-0.4, -0.2) is 35.1 Å². The van der Waals surface area contributed by atoms with Crippen molar-refractivity contribution in [3.05, 3.63) is 71.9 Å². The zero-order valence-electron chi connectivity index (χ0n) is 15.1. The molecule has 0 aliphatic heterocycles. The van der Waals surface area contributed by atoms with Gasteiger partial charge in [-0.2, -0.15) is 5.26 Å². The number of H-pyrrole nitrogens is 1. The van der Waals surface area contributed by atoms with E-state index in [4.69, 9.17) is 5.26 Å². The van der Waals surface area contributed by atoms with Gasteiger partial charge < -0.3 is 15.6 Å². The largest absolute Gasteiger partial charge is 0.361 e. The van der Waals surface area contributed by atoms with E-state index in [2.05, 4.69) is 15.6 Å². The summed E-state index contributed by atoms with van der Waals surface area (Å²) < 4.78 is 0. The Labute approximate surface area is 167 Å². The zero-order valence-corrected chi connectivity index (χ0v) is 16.0. The van der Waals surface area contributed by atoms with Crippen molar-refractivity contribution in [3.63, 3.8) is 0 Å². The third kappa shape index (κ3) is 5.15. The molecule has 0 saturated carbocycles. The number of hydrogen-bond acceptors (Lipinski definition) is 4. The fourth-order valence-electron chi connectivity index (χ4n) is 2.72. The number of carbonyl (C=O) groups excluding carboxylic acids is 2. The Kier molecular flexibility index (Phi) is 6.71. The Bertz CT molecular complexity index is 994. The van der Waals surface area contributed by atoms with E-state index in [1.807, 2.05) is 60.8 Å². The number of nitrogens with one attached hydrogen (secondary N) is 3.